The van der Waals surface area contributed by atoms with E-state index in [1.165, 1.54) is 0 Å². The zero-order valence-electron chi connectivity index (χ0n) is 14.9. The van der Waals surface area contributed by atoms with Crippen LogP contribution in [0.2, 0.25) is 0 Å². The zero-order chi connectivity index (χ0) is 19.8. The minimum atomic E-state index is -0.586. The number of hydrogen-bond donors (Lipinski definition) is 2. The predicted molar refractivity (Wildman–Crippen MR) is 102 cm³/mol. The van der Waals surface area contributed by atoms with Crippen LogP contribution >= 0.6 is 0 Å². The third-order valence-electron chi connectivity index (χ3n) is 3.51. The van der Waals surface area contributed by atoms with E-state index in [1.807, 2.05) is 30.3 Å². The Morgan fingerprint density at radius 2 is 1.46 bits per heavy atom. The van der Waals surface area contributed by atoms with Crippen LogP contribution in [-0.2, 0) is 11.3 Å². The Hall–Kier alpha value is -3.88. The van der Waals surface area contributed by atoms with Gasteiger partial charge in [0.15, 0.2) is 12.4 Å². The third-order valence-corrected chi connectivity index (χ3v) is 3.51. The molecule has 1 aromatic heterocycles. The number of ether oxygens (including phenoxy) is 3. The number of esters is 1. The summed E-state index contributed by atoms with van der Waals surface area (Å²) in [5.41, 5.74) is 11.3. The maximum Gasteiger partial charge on any atom is 0.342 e. The van der Waals surface area contributed by atoms with Crippen LogP contribution in [0.15, 0.2) is 54.6 Å². The normalized spacial score (nSPS) is 10.3. The lowest BCUT2D eigenvalue weighted by atomic mass is 10.2. The van der Waals surface area contributed by atoms with Crippen molar-refractivity contribution in [1.82, 2.24) is 15.0 Å². The number of nitrogens with two attached hydrogens (primary N) is 2. The number of para-hydroxylation sites is 2. The van der Waals surface area contributed by atoms with Crippen LogP contribution in [0.3, 0.4) is 0 Å². The molecule has 3 aromatic rings. The van der Waals surface area contributed by atoms with Crippen molar-refractivity contribution < 1.29 is 19.0 Å². The first-order valence-corrected chi connectivity index (χ1v) is 8.44. The van der Waals surface area contributed by atoms with Gasteiger partial charge in [-0.1, -0.05) is 30.3 Å². The Labute approximate surface area is 161 Å². The predicted octanol–water partition coefficient (Wildman–Crippen LogP) is 1.85. The van der Waals surface area contributed by atoms with Crippen LogP contribution in [0.5, 0.6) is 11.5 Å². The average Bonchev–Trinajstić information content (AvgIpc) is 2.70. The average molecular weight is 381 g/mol. The van der Waals surface area contributed by atoms with Crippen molar-refractivity contribution in [3.8, 4) is 11.5 Å². The lowest BCUT2D eigenvalue weighted by molar-refractivity contribution is 0.0456. The summed E-state index contributed by atoms with van der Waals surface area (Å²) in [4.78, 5) is 23.8. The molecule has 28 heavy (non-hydrogen) atoms. The third kappa shape index (κ3) is 5.31. The van der Waals surface area contributed by atoms with E-state index in [4.69, 9.17) is 25.7 Å². The molecule has 0 atom stereocenters. The smallest absolute Gasteiger partial charge is 0.342 e. The van der Waals surface area contributed by atoms with Crippen LogP contribution < -0.4 is 20.9 Å². The Balaban J connectivity index is 1.55. The van der Waals surface area contributed by atoms with Crippen LogP contribution in [0.4, 0.5) is 11.9 Å². The van der Waals surface area contributed by atoms with Crippen LogP contribution in [0.1, 0.15) is 16.2 Å². The highest BCUT2D eigenvalue weighted by Crippen LogP contribution is 2.19. The van der Waals surface area contributed by atoms with E-state index in [1.54, 1.807) is 24.3 Å². The first kappa shape index (κ1) is 18.9. The van der Waals surface area contributed by atoms with Crippen molar-refractivity contribution in [3.05, 3.63) is 66.0 Å². The second-order valence-corrected chi connectivity index (χ2v) is 5.55. The maximum absolute atomic E-state index is 12.4. The van der Waals surface area contributed by atoms with Crippen molar-refractivity contribution in [3.63, 3.8) is 0 Å². The molecule has 144 valence electrons. The van der Waals surface area contributed by atoms with Crippen molar-refractivity contribution in [2.45, 2.75) is 6.61 Å². The summed E-state index contributed by atoms with van der Waals surface area (Å²) in [6.07, 6.45) is 0. The van der Waals surface area contributed by atoms with Gasteiger partial charge in [0.2, 0.25) is 11.9 Å². The number of anilines is 2. The Morgan fingerprint density at radius 1 is 0.821 bits per heavy atom. The second kappa shape index (κ2) is 9.17. The summed E-state index contributed by atoms with van der Waals surface area (Å²) >= 11 is 0. The van der Waals surface area contributed by atoms with Gasteiger partial charge in [0.1, 0.15) is 30.3 Å². The van der Waals surface area contributed by atoms with Crippen LogP contribution in [-0.4, -0.2) is 34.1 Å². The number of rotatable bonds is 8. The molecule has 0 aliphatic rings. The summed E-state index contributed by atoms with van der Waals surface area (Å²) in [5, 5.41) is 0. The van der Waals surface area contributed by atoms with E-state index in [0.717, 1.165) is 5.75 Å². The van der Waals surface area contributed by atoms with Crippen molar-refractivity contribution >= 4 is 17.9 Å². The molecule has 0 saturated heterocycles. The van der Waals surface area contributed by atoms with E-state index in [9.17, 15) is 4.79 Å². The molecule has 0 fully saturated rings. The Bertz CT molecular complexity index is 916. The first-order chi connectivity index (χ1) is 13.6. The molecule has 0 spiro atoms. The highest BCUT2D eigenvalue weighted by atomic mass is 16.5. The molecule has 0 aliphatic carbocycles. The number of carbonyl (C=O) groups excluding carboxylic acids is 1. The number of nitrogens with zero attached hydrogens (tertiary/aromatic N) is 3. The van der Waals surface area contributed by atoms with E-state index in [2.05, 4.69) is 15.0 Å². The van der Waals surface area contributed by atoms with Gasteiger partial charge in [-0.25, -0.2) is 4.79 Å². The monoisotopic (exact) mass is 381 g/mol. The molecule has 9 heteroatoms. The molecular weight excluding hydrogens is 362 g/mol. The summed E-state index contributed by atoms with van der Waals surface area (Å²) < 4.78 is 16.5. The molecule has 0 radical (unpaired) electrons. The SMILES string of the molecule is Nc1nc(N)nc(COC(=O)c2ccccc2OCCOc2ccccc2)n1. The molecular formula is C19H19N5O4. The summed E-state index contributed by atoms with van der Waals surface area (Å²) in [6.45, 7) is 0.401. The van der Waals surface area contributed by atoms with Gasteiger partial charge in [-0.2, -0.15) is 15.0 Å². The summed E-state index contributed by atoms with van der Waals surface area (Å²) in [5.74, 6) is 0.625. The molecule has 2 aromatic carbocycles. The van der Waals surface area contributed by atoms with Crippen LogP contribution in [0.25, 0.3) is 0 Å². The van der Waals surface area contributed by atoms with Crippen molar-refractivity contribution in [2.24, 2.45) is 0 Å². The van der Waals surface area contributed by atoms with Gasteiger partial charge >= 0.3 is 5.97 Å². The lowest BCUT2D eigenvalue weighted by Gasteiger charge is -2.12. The number of carbonyl (C=O) groups is 1. The molecule has 0 amide bonds. The molecule has 0 bridgehead atoms. The van der Waals surface area contributed by atoms with E-state index < -0.39 is 5.97 Å². The summed E-state index contributed by atoms with van der Waals surface area (Å²) in [7, 11) is 0. The molecule has 3 rings (SSSR count). The number of nitrogen functional groups attached to an aromatic ring is 2. The molecule has 4 N–H and O–H groups in total. The highest BCUT2D eigenvalue weighted by Gasteiger charge is 2.15. The van der Waals surface area contributed by atoms with Crippen molar-refractivity contribution in [2.75, 3.05) is 24.7 Å². The quantitative estimate of drug-likeness (QED) is 0.442. The molecule has 0 unspecified atom stereocenters. The lowest BCUT2D eigenvalue weighted by Crippen LogP contribution is -2.14. The van der Waals surface area contributed by atoms with Gasteiger partial charge in [-0.3, -0.25) is 0 Å². The highest BCUT2D eigenvalue weighted by molar-refractivity contribution is 5.92. The number of benzene rings is 2. The Kier molecular flexibility index (Phi) is 6.19. The topological polar surface area (TPSA) is 135 Å². The van der Waals surface area contributed by atoms with Gasteiger partial charge in [-0.05, 0) is 24.3 Å². The molecule has 0 saturated carbocycles. The van der Waals surface area contributed by atoms with E-state index >= 15 is 0 Å². The fraction of sp³-hybridized carbons (Fsp3) is 0.158. The molecule has 1 heterocycles. The van der Waals surface area contributed by atoms with Gasteiger partial charge < -0.3 is 25.7 Å². The fourth-order valence-corrected chi connectivity index (χ4v) is 2.32. The fourth-order valence-electron chi connectivity index (χ4n) is 2.32. The van der Waals surface area contributed by atoms with Gasteiger partial charge in [0.25, 0.3) is 0 Å². The number of hydrogen-bond acceptors (Lipinski definition) is 9. The maximum atomic E-state index is 12.4. The van der Waals surface area contributed by atoms with Gasteiger partial charge in [0, 0.05) is 0 Å². The minimum Gasteiger partial charge on any atom is -0.490 e. The van der Waals surface area contributed by atoms with Crippen molar-refractivity contribution in [1.29, 1.82) is 0 Å². The largest absolute Gasteiger partial charge is 0.490 e. The minimum absolute atomic E-state index is 0.0410. The standard InChI is InChI=1S/C19H19N5O4/c20-18-22-16(23-19(21)24-18)12-28-17(25)14-8-4-5-9-15(14)27-11-10-26-13-6-2-1-3-7-13/h1-9H,10-12H2,(H4,20,21,22,23,24). The molecule has 9 nitrogen and oxygen atoms in total. The zero-order valence-corrected chi connectivity index (χ0v) is 14.9. The Morgan fingerprint density at radius 3 is 2.21 bits per heavy atom. The first-order valence-electron chi connectivity index (χ1n) is 8.44. The second-order valence-electron chi connectivity index (χ2n) is 5.55. The van der Waals surface area contributed by atoms with E-state index in [0.29, 0.717) is 12.4 Å². The van der Waals surface area contributed by atoms with Gasteiger partial charge in [0.05, 0.1) is 0 Å². The number of aromatic nitrogens is 3. The summed E-state index contributed by atoms with van der Waals surface area (Å²) in [6, 6.07) is 16.1. The van der Waals surface area contributed by atoms with Crippen LogP contribution in [0, 0.1) is 0 Å². The van der Waals surface area contributed by atoms with Gasteiger partial charge in [-0.15, -0.1) is 0 Å². The molecule has 0 aliphatic heterocycles. The van der Waals surface area contributed by atoms with E-state index in [-0.39, 0.29) is 36.5 Å².